The molecule has 1 heterocycles. The van der Waals surface area contributed by atoms with Gasteiger partial charge in [0, 0.05) is 35.3 Å². The third-order valence-electron chi connectivity index (χ3n) is 6.04. The zero-order valence-corrected chi connectivity index (χ0v) is 21.1. The standard InChI is InChI=1S/C28H29Cl2N3O/c1-19(2)32(17-21-9-5-4-6-10-21)18-26(34)27-20(3)28(22-13-15-23(29)16-14-22)33(31-27)25-12-8-7-11-24(25)30/h4-16,19,26,34H,17-18H2,1-3H3. The van der Waals surface area contributed by atoms with Crippen LogP contribution in [-0.2, 0) is 6.54 Å². The molecule has 1 unspecified atom stereocenters. The minimum Gasteiger partial charge on any atom is -0.385 e. The molecule has 1 N–H and O–H groups in total. The summed E-state index contributed by atoms with van der Waals surface area (Å²) in [5, 5.41) is 17.5. The molecule has 4 nitrogen and oxygen atoms in total. The molecule has 4 rings (SSSR count). The normalized spacial score (nSPS) is 12.5. The highest BCUT2D eigenvalue weighted by atomic mass is 35.5. The molecule has 0 aliphatic carbocycles. The van der Waals surface area contributed by atoms with E-state index in [2.05, 4.69) is 30.9 Å². The fraction of sp³-hybridized carbons (Fsp3) is 0.250. The maximum atomic E-state index is 11.4. The average molecular weight is 494 g/mol. The van der Waals surface area contributed by atoms with Crippen LogP contribution in [-0.4, -0.2) is 32.4 Å². The second-order valence-electron chi connectivity index (χ2n) is 8.75. The quantitative estimate of drug-likeness (QED) is 0.284. The summed E-state index contributed by atoms with van der Waals surface area (Å²) in [6.07, 6.45) is -0.763. The summed E-state index contributed by atoms with van der Waals surface area (Å²) in [7, 11) is 0. The van der Waals surface area contributed by atoms with Crippen LogP contribution in [0.3, 0.4) is 0 Å². The van der Waals surface area contributed by atoms with Gasteiger partial charge in [0.2, 0.25) is 0 Å². The Hall–Kier alpha value is -2.63. The Bertz CT molecular complexity index is 1240. The SMILES string of the molecule is Cc1c(C(O)CN(Cc2ccccc2)C(C)C)nn(-c2ccccc2Cl)c1-c1ccc(Cl)cc1. The Morgan fingerprint density at radius 2 is 1.56 bits per heavy atom. The number of aliphatic hydroxyl groups excluding tert-OH is 1. The van der Waals surface area contributed by atoms with Crippen LogP contribution in [0.15, 0.2) is 78.9 Å². The lowest BCUT2D eigenvalue weighted by atomic mass is 10.0. The number of hydrogen-bond donors (Lipinski definition) is 1. The van der Waals surface area contributed by atoms with Crippen LogP contribution in [0, 0.1) is 6.92 Å². The molecule has 0 aliphatic rings. The topological polar surface area (TPSA) is 41.3 Å². The van der Waals surface area contributed by atoms with E-state index in [1.807, 2.05) is 78.3 Å². The van der Waals surface area contributed by atoms with Gasteiger partial charge in [0.25, 0.3) is 0 Å². The second kappa shape index (κ2) is 10.7. The first-order chi connectivity index (χ1) is 16.3. The highest BCUT2D eigenvalue weighted by Crippen LogP contribution is 2.34. The highest BCUT2D eigenvalue weighted by Gasteiger charge is 2.25. The molecule has 0 aliphatic heterocycles. The van der Waals surface area contributed by atoms with Gasteiger partial charge in [0.15, 0.2) is 0 Å². The largest absolute Gasteiger partial charge is 0.385 e. The molecule has 1 aromatic heterocycles. The number of aliphatic hydroxyl groups is 1. The van der Waals surface area contributed by atoms with Gasteiger partial charge in [-0.2, -0.15) is 5.10 Å². The molecule has 0 saturated carbocycles. The van der Waals surface area contributed by atoms with Crippen LogP contribution < -0.4 is 0 Å². The van der Waals surface area contributed by atoms with Crippen molar-refractivity contribution in [2.45, 2.75) is 39.5 Å². The smallest absolute Gasteiger partial charge is 0.111 e. The zero-order valence-electron chi connectivity index (χ0n) is 19.6. The van der Waals surface area contributed by atoms with Crippen molar-refractivity contribution in [3.05, 3.63) is 106 Å². The van der Waals surface area contributed by atoms with E-state index >= 15 is 0 Å². The molecule has 6 heteroatoms. The van der Waals surface area contributed by atoms with Gasteiger partial charge in [-0.25, -0.2) is 4.68 Å². The van der Waals surface area contributed by atoms with E-state index in [1.165, 1.54) is 5.56 Å². The first-order valence-electron chi connectivity index (χ1n) is 11.4. The van der Waals surface area contributed by atoms with Crippen molar-refractivity contribution in [3.8, 4) is 16.9 Å². The van der Waals surface area contributed by atoms with Crippen molar-refractivity contribution >= 4 is 23.2 Å². The minimum atomic E-state index is -0.763. The Labute approximate surface area is 211 Å². The Morgan fingerprint density at radius 1 is 0.912 bits per heavy atom. The van der Waals surface area contributed by atoms with Crippen molar-refractivity contribution in [2.75, 3.05) is 6.54 Å². The molecule has 0 spiro atoms. The van der Waals surface area contributed by atoms with Crippen LogP contribution in [0.4, 0.5) is 0 Å². The summed E-state index contributed by atoms with van der Waals surface area (Å²) in [6, 6.07) is 25.8. The molecule has 0 saturated heterocycles. The molecule has 34 heavy (non-hydrogen) atoms. The Balaban J connectivity index is 1.73. The van der Waals surface area contributed by atoms with E-state index in [-0.39, 0.29) is 6.04 Å². The van der Waals surface area contributed by atoms with Gasteiger partial charge in [-0.05, 0) is 50.6 Å². The van der Waals surface area contributed by atoms with Crippen molar-refractivity contribution < 1.29 is 5.11 Å². The van der Waals surface area contributed by atoms with E-state index in [9.17, 15) is 5.11 Å². The van der Waals surface area contributed by atoms with Crippen LogP contribution in [0.1, 0.15) is 36.8 Å². The molecule has 0 amide bonds. The molecule has 0 fully saturated rings. The van der Waals surface area contributed by atoms with E-state index in [1.54, 1.807) is 0 Å². The third kappa shape index (κ3) is 5.37. The van der Waals surface area contributed by atoms with Gasteiger partial charge in [0.05, 0.1) is 22.1 Å². The summed E-state index contributed by atoms with van der Waals surface area (Å²) in [6.45, 7) is 7.50. The Morgan fingerprint density at radius 3 is 2.21 bits per heavy atom. The van der Waals surface area contributed by atoms with E-state index in [0.29, 0.717) is 22.3 Å². The maximum absolute atomic E-state index is 11.4. The lowest BCUT2D eigenvalue weighted by molar-refractivity contribution is 0.0873. The van der Waals surface area contributed by atoms with Crippen LogP contribution in [0.5, 0.6) is 0 Å². The lowest BCUT2D eigenvalue weighted by Gasteiger charge is -2.28. The zero-order chi connectivity index (χ0) is 24.2. The third-order valence-corrected chi connectivity index (χ3v) is 6.61. The molecule has 1 atom stereocenters. The van der Waals surface area contributed by atoms with Gasteiger partial charge in [-0.1, -0.05) is 77.8 Å². The van der Waals surface area contributed by atoms with Crippen molar-refractivity contribution in [1.29, 1.82) is 0 Å². The number of benzene rings is 3. The van der Waals surface area contributed by atoms with E-state index < -0.39 is 6.10 Å². The minimum absolute atomic E-state index is 0.261. The number of nitrogens with zero attached hydrogens (tertiary/aromatic N) is 3. The summed E-state index contributed by atoms with van der Waals surface area (Å²) in [4.78, 5) is 2.26. The number of para-hydroxylation sites is 1. The van der Waals surface area contributed by atoms with Crippen molar-refractivity contribution in [3.63, 3.8) is 0 Å². The van der Waals surface area contributed by atoms with Crippen molar-refractivity contribution in [2.24, 2.45) is 0 Å². The van der Waals surface area contributed by atoms with Gasteiger partial charge in [-0.3, -0.25) is 4.90 Å². The summed E-state index contributed by atoms with van der Waals surface area (Å²) < 4.78 is 1.83. The van der Waals surface area contributed by atoms with Crippen LogP contribution in [0.25, 0.3) is 16.9 Å². The van der Waals surface area contributed by atoms with Gasteiger partial charge in [-0.15, -0.1) is 0 Å². The second-order valence-corrected chi connectivity index (χ2v) is 9.60. The first kappa shape index (κ1) is 24.5. The molecule has 176 valence electrons. The fourth-order valence-corrected chi connectivity index (χ4v) is 4.50. The average Bonchev–Trinajstić information content (AvgIpc) is 3.17. The van der Waals surface area contributed by atoms with Gasteiger partial charge >= 0.3 is 0 Å². The monoisotopic (exact) mass is 493 g/mol. The summed E-state index contributed by atoms with van der Waals surface area (Å²) in [5.74, 6) is 0. The summed E-state index contributed by atoms with van der Waals surface area (Å²) in [5.41, 5.74) is 5.38. The molecule has 3 aromatic carbocycles. The number of aromatic nitrogens is 2. The fourth-order valence-electron chi connectivity index (χ4n) is 4.16. The predicted octanol–water partition coefficient (Wildman–Crippen LogP) is 7.10. The van der Waals surface area contributed by atoms with E-state index in [4.69, 9.17) is 28.3 Å². The molecular weight excluding hydrogens is 465 g/mol. The van der Waals surface area contributed by atoms with Gasteiger partial charge in [0.1, 0.15) is 6.10 Å². The van der Waals surface area contributed by atoms with Gasteiger partial charge < -0.3 is 5.11 Å². The van der Waals surface area contributed by atoms with Crippen molar-refractivity contribution in [1.82, 2.24) is 14.7 Å². The van der Waals surface area contributed by atoms with Crippen LogP contribution in [0.2, 0.25) is 10.0 Å². The Kier molecular flexibility index (Phi) is 7.74. The number of hydrogen-bond acceptors (Lipinski definition) is 3. The summed E-state index contributed by atoms with van der Waals surface area (Å²) >= 11 is 12.7. The number of halogens is 2. The number of rotatable bonds is 8. The molecule has 0 radical (unpaired) electrons. The lowest BCUT2D eigenvalue weighted by Crippen LogP contribution is -2.34. The first-order valence-corrected chi connectivity index (χ1v) is 12.2. The van der Waals surface area contributed by atoms with E-state index in [0.717, 1.165) is 29.1 Å². The molecule has 4 aromatic rings. The molecular formula is C28H29Cl2N3O. The highest BCUT2D eigenvalue weighted by molar-refractivity contribution is 6.32. The molecule has 0 bridgehead atoms. The van der Waals surface area contributed by atoms with Crippen LogP contribution >= 0.6 is 23.2 Å². The predicted molar refractivity (Wildman–Crippen MR) is 141 cm³/mol. The maximum Gasteiger partial charge on any atom is 0.111 e.